The fourth-order valence-electron chi connectivity index (χ4n) is 1.78. The van der Waals surface area contributed by atoms with Gasteiger partial charge < -0.3 is 9.26 Å². The van der Waals surface area contributed by atoms with Gasteiger partial charge in [0.2, 0.25) is 5.89 Å². The smallest absolute Gasteiger partial charge is 0.323 e. The summed E-state index contributed by atoms with van der Waals surface area (Å²) < 4.78 is 10.3. The fourth-order valence-corrected chi connectivity index (χ4v) is 1.78. The number of hydrogen-bond donors (Lipinski definition) is 0. The second-order valence-electron chi connectivity index (χ2n) is 4.00. The van der Waals surface area contributed by atoms with Crippen LogP contribution in [0.15, 0.2) is 34.9 Å². The lowest BCUT2D eigenvalue weighted by Gasteiger charge is -2.11. The van der Waals surface area contributed by atoms with Crippen LogP contribution >= 0.6 is 0 Å². The third-order valence-electron chi connectivity index (χ3n) is 2.70. The normalized spacial score (nSPS) is 12.1. The number of carbonyl (C=O) groups is 1. The van der Waals surface area contributed by atoms with Crippen molar-refractivity contribution in [2.45, 2.75) is 26.2 Å². The summed E-state index contributed by atoms with van der Waals surface area (Å²) >= 11 is 0. The Labute approximate surface area is 111 Å². The summed E-state index contributed by atoms with van der Waals surface area (Å²) in [5.74, 6) is -0.171. The van der Waals surface area contributed by atoms with Gasteiger partial charge in [-0.25, -0.2) is 0 Å². The maximum Gasteiger partial charge on any atom is 0.323 e. The van der Waals surface area contributed by atoms with E-state index in [9.17, 15) is 4.79 Å². The third-order valence-corrected chi connectivity index (χ3v) is 2.70. The van der Waals surface area contributed by atoms with E-state index in [4.69, 9.17) is 9.26 Å². The fraction of sp³-hybridized carbons (Fsp3) is 0.357. The molecule has 0 aliphatic carbocycles. The Bertz CT molecular complexity index is 537. The van der Waals surface area contributed by atoms with Crippen molar-refractivity contribution >= 4 is 5.97 Å². The van der Waals surface area contributed by atoms with E-state index in [0.717, 1.165) is 5.56 Å². The highest BCUT2D eigenvalue weighted by molar-refractivity contribution is 5.80. The van der Waals surface area contributed by atoms with Gasteiger partial charge in [-0.1, -0.05) is 42.4 Å². The molecule has 19 heavy (non-hydrogen) atoms. The Morgan fingerprint density at radius 3 is 2.63 bits per heavy atom. The molecule has 1 heterocycles. The Morgan fingerprint density at radius 1 is 1.32 bits per heavy atom. The second-order valence-corrected chi connectivity index (χ2v) is 4.00. The van der Waals surface area contributed by atoms with Gasteiger partial charge in [-0.3, -0.25) is 4.79 Å². The van der Waals surface area contributed by atoms with Gasteiger partial charge in [0.15, 0.2) is 11.7 Å². The maximum atomic E-state index is 12.1. The minimum atomic E-state index is -0.658. The molecule has 0 aliphatic heterocycles. The summed E-state index contributed by atoms with van der Waals surface area (Å²) in [6.45, 7) is 4.01. The first kappa shape index (κ1) is 13.3. The molecule has 1 aromatic heterocycles. The summed E-state index contributed by atoms with van der Waals surface area (Å²) in [5, 5.41) is 3.83. The summed E-state index contributed by atoms with van der Waals surface area (Å²) in [5.41, 5.74) is 0.784. The average Bonchev–Trinajstić information content (AvgIpc) is 2.89. The third kappa shape index (κ3) is 2.99. The molecule has 0 aliphatic rings. The zero-order valence-electron chi connectivity index (χ0n) is 11.0. The standard InChI is InChI=1S/C14H16N2O3/c1-3-11-15-13(19-16-11)12(14(17)18-4-2)10-8-6-5-7-9-10/h5-9,12H,3-4H2,1-2H3. The molecule has 2 aromatic rings. The van der Waals surface area contributed by atoms with Crippen LogP contribution in [-0.4, -0.2) is 22.7 Å². The van der Waals surface area contributed by atoms with Crippen LogP contribution in [0.25, 0.3) is 0 Å². The van der Waals surface area contributed by atoms with Crippen molar-refractivity contribution in [1.29, 1.82) is 0 Å². The molecule has 0 saturated carbocycles. The first-order chi connectivity index (χ1) is 9.26. The van der Waals surface area contributed by atoms with Crippen molar-refractivity contribution in [1.82, 2.24) is 10.1 Å². The van der Waals surface area contributed by atoms with Crippen molar-refractivity contribution in [3.63, 3.8) is 0 Å². The van der Waals surface area contributed by atoms with E-state index in [-0.39, 0.29) is 11.9 Å². The van der Waals surface area contributed by atoms with Gasteiger partial charge >= 0.3 is 5.97 Å². The van der Waals surface area contributed by atoms with E-state index in [1.165, 1.54) is 0 Å². The molecule has 1 atom stereocenters. The van der Waals surface area contributed by atoms with Gasteiger partial charge in [-0.05, 0) is 12.5 Å². The van der Waals surface area contributed by atoms with Gasteiger partial charge in [-0.15, -0.1) is 0 Å². The highest BCUT2D eigenvalue weighted by Gasteiger charge is 2.29. The average molecular weight is 260 g/mol. The summed E-state index contributed by atoms with van der Waals surface area (Å²) in [4.78, 5) is 16.3. The number of rotatable bonds is 5. The van der Waals surface area contributed by atoms with Crippen molar-refractivity contribution in [3.8, 4) is 0 Å². The number of nitrogens with zero attached hydrogens (tertiary/aromatic N) is 2. The largest absolute Gasteiger partial charge is 0.465 e. The zero-order chi connectivity index (χ0) is 13.7. The van der Waals surface area contributed by atoms with Crippen LogP contribution < -0.4 is 0 Å². The molecule has 0 radical (unpaired) electrons. The van der Waals surface area contributed by atoms with Gasteiger partial charge in [-0.2, -0.15) is 4.98 Å². The van der Waals surface area contributed by atoms with E-state index < -0.39 is 5.92 Å². The van der Waals surface area contributed by atoms with Crippen LogP contribution in [0.1, 0.15) is 37.0 Å². The Balaban J connectivity index is 2.37. The molecule has 0 amide bonds. The minimum absolute atomic E-state index is 0.279. The van der Waals surface area contributed by atoms with Crippen LogP contribution in [0.3, 0.4) is 0 Å². The first-order valence-electron chi connectivity index (χ1n) is 6.30. The second kappa shape index (κ2) is 6.13. The van der Waals surface area contributed by atoms with Crippen molar-refractivity contribution in [2.75, 3.05) is 6.61 Å². The number of aryl methyl sites for hydroxylation is 1. The number of aromatic nitrogens is 2. The molecular formula is C14H16N2O3. The van der Waals surface area contributed by atoms with Crippen LogP contribution in [0.2, 0.25) is 0 Å². The number of hydrogen-bond acceptors (Lipinski definition) is 5. The van der Waals surface area contributed by atoms with E-state index >= 15 is 0 Å². The minimum Gasteiger partial charge on any atom is -0.465 e. The molecule has 0 fully saturated rings. The summed E-state index contributed by atoms with van der Waals surface area (Å²) in [7, 11) is 0. The van der Waals surface area contributed by atoms with Gasteiger partial charge in [0, 0.05) is 6.42 Å². The van der Waals surface area contributed by atoms with E-state index in [2.05, 4.69) is 10.1 Å². The SMILES string of the molecule is CCOC(=O)C(c1ccccc1)c1nc(CC)no1. The number of esters is 1. The van der Waals surface area contributed by atoms with Crippen molar-refractivity contribution < 1.29 is 14.1 Å². The van der Waals surface area contributed by atoms with E-state index in [1.807, 2.05) is 37.3 Å². The Hall–Kier alpha value is -2.17. The summed E-state index contributed by atoms with van der Waals surface area (Å²) in [6, 6.07) is 9.29. The number of ether oxygens (including phenoxy) is 1. The molecule has 0 saturated heterocycles. The molecule has 100 valence electrons. The number of carbonyl (C=O) groups excluding carboxylic acids is 1. The Morgan fingerprint density at radius 2 is 2.05 bits per heavy atom. The Kier molecular flexibility index (Phi) is 4.28. The van der Waals surface area contributed by atoms with Gasteiger partial charge in [0.25, 0.3) is 0 Å². The maximum absolute atomic E-state index is 12.1. The molecule has 5 nitrogen and oxygen atoms in total. The lowest BCUT2D eigenvalue weighted by atomic mass is 9.99. The molecular weight excluding hydrogens is 244 g/mol. The lowest BCUT2D eigenvalue weighted by Crippen LogP contribution is -2.17. The van der Waals surface area contributed by atoms with Crippen molar-refractivity contribution in [2.24, 2.45) is 0 Å². The molecule has 5 heteroatoms. The van der Waals surface area contributed by atoms with Crippen LogP contribution in [-0.2, 0) is 16.0 Å². The molecule has 0 spiro atoms. The van der Waals surface area contributed by atoms with Crippen LogP contribution in [0.4, 0.5) is 0 Å². The molecule has 0 N–H and O–H groups in total. The lowest BCUT2D eigenvalue weighted by molar-refractivity contribution is -0.144. The highest BCUT2D eigenvalue weighted by atomic mass is 16.5. The van der Waals surface area contributed by atoms with E-state index in [0.29, 0.717) is 18.9 Å². The summed E-state index contributed by atoms with van der Waals surface area (Å²) in [6.07, 6.45) is 0.661. The monoisotopic (exact) mass is 260 g/mol. The first-order valence-corrected chi connectivity index (χ1v) is 6.30. The highest BCUT2D eigenvalue weighted by Crippen LogP contribution is 2.24. The van der Waals surface area contributed by atoms with Crippen molar-refractivity contribution in [3.05, 3.63) is 47.6 Å². The quantitative estimate of drug-likeness (QED) is 0.772. The predicted molar refractivity (Wildman–Crippen MR) is 68.6 cm³/mol. The topological polar surface area (TPSA) is 65.2 Å². The van der Waals surface area contributed by atoms with Gasteiger partial charge in [0.05, 0.1) is 6.61 Å². The molecule has 0 bridgehead atoms. The zero-order valence-corrected chi connectivity index (χ0v) is 11.0. The van der Waals surface area contributed by atoms with E-state index in [1.54, 1.807) is 6.92 Å². The number of benzene rings is 1. The molecule has 2 rings (SSSR count). The molecule has 1 unspecified atom stereocenters. The van der Waals surface area contributed by atoms with Crippen LogP contribution in [0.5, 0.6) is 0 Å². The molecule has 1 aromatic carbocycles. The van der Waals surface area contributed by atoms with Crippen LogP contribution in [0, 0.1) is 0 Å². The predicted octanol–water partition coefficient (Wildman–Crippen LogP) is 2.33. The van der Waals surface area contributed by atoms with Gasteiger partial charge in [0.1, 0.15) is 0 Å².